The molecule has 0 aliphatic heterocycles. The van der Waals surface area contributed by atoms with E-state index in [9.17, 15) is 9.18 Å². The fourth-order valence-corrected chi connectivity index (χ4v) is 3.46. The molecule has 0 bridgehead atoms. The van der Waals surface area contributed by atoms with E-state index >= 15 is 0 Å². The molecule has 0 N–H and O–H groups in total. The van der Waals surface area contributed by atoms with Crippen LogP contribution in [0.4, 0.5) is 4.39 Å². The van der Waals surface area contributed by atoms with Crippen molar-refractivity contribution in [3.63, 3.8) is 0 Å². The van der Waals surface area contributed by atoms with Crippen molar-refractivity contribution in [2.45, 2.75) is 13.8 Å². The van der Waals surface area contributed by atoms with Gasteiger partial charge in [0.2, 0.25) is 0 Å². The highest BCUT2D eigenvalue weighted by molar-refractivity contribution is 14.1. The molecule has 0 aliphatic rings. The predicted molar refractivity (Wildman–Crippen MR) is 131 cm³/mol. The van der Waals surface area contributed by atoms with Crippen molar-refractivity contribution < 1.29 is 23.4 Å². The van der Waals surface area contributed by atoms with Crippen LogP contribution in [-0.2, 0) is 9.53 Å². The first-order valence-corrected chi connectivity index (χ1v) is 11.3. The molecule has 6 heteroatoms. The van der Waals surface area contributed by atoms with E-state index in [2.05, 4.69) is 22.6 Å². The number of hydrogen-bond donors (Lipinski definition) is 0. The molecule has 0 radical (unpaired) electrons. The van der Waals surface area contributed by atoms with Crippen LogP contribution >= 0.6 is 22.6 Å². The van der Waals surface area contributed by atoms with Crippen molar-refractivity contribution in [2.75, 3.05) is 19.8 Å². The monoisotopic (exact) mass is 546 g/mol. The van der Waals surface area contributed by atoms with Gasteiger partial charge in [0.1, 0.15) is 23.9 Å². The number of carbonyl (C=O) groups excluding carboxylic acids is 1. The van der Waals surface area contributed by atoms with Crippen molar-refractivity contribution in [2.24, 2.45) is 0 Å². The van der Waals surface area contributed by atoms with Gasteiger partial charge in [0.05, 0.1) is 6.61 Å². The Hall–Kier alpha value is -2.87. The Morgan fingerprint density at radius 2 is 1.62 bits per heavy atom. The SMILES string of the molecule is CCOC(=O)COc1ccc(OC/C=C(/c2ccc(F)cc2)c2ccc(I)cc2)cc1C. The topological polar surface area (TPSA) is 44.8 Å². The number of ether oxygens (including phenoxy) is 3. The molecule has 0 saturated carbocycles. The Labute approximate surface area is 201 Å². The zero-order valence-corrected chi connectivity index (χ0v) is 20.1. The minimum Gasteiger partial charge on any atom is -0.489 e. The van der Waals surface area contributed by atoms with Gasteiger partial charge in [-0.2, -0.15) is 0 Å². The molecule has 0 aliphatic carbocycles. The molecule has 0 atom stereocenters. The van der Waals surface area contributed by atoms with Gasteiger partial charge in [0, 0.05) is 3.57 Å². The lowest BCUT2D eigenvalue weighted by Gasteiger charge is -2.12. The summed E-state index contributed by atoms with van der Waals surface area (Å²) in [4.78, 5) is 11.5. The largest absolute Gasteiger partial charge is 0.489 e. The summed E-state index contributed by atoms with van der Waals surface area (Å²) < 4.78 is 30.9. The van der Waals surface area contributed by atoms with Crippen molar-refractivity contribution in [3.8, 4) is 11.5 Å². The molecule has 0 saturated heterocycles. The second kappa shape index (κ2) is 11.7. The normalized spacial score (nSPS) is 11.2. The standard InChI is InChI=1S/C26H24FIO4/c1-3-30-26(29)17-32-25-13-12-23(16-18(25)2)31-15-14-24(19-4-8-21(27)9-5-19)20-6-10-22(28)11-7-20/h4-14,16H,3,15,17H2,1-2H3/b24-14-. The maximum absolute atomic E-state index is 13.4. The van der Waals surface area contributed by atoms with Gasteiger partial charge in [0.15, 0.2) is 6.61 Å². The summed E-state index contributed by atoms with van der Waals surface area (Å²) in [7, 11) is 0. The van der Waals surface area contributed by atoms with Crippen LogP contribution in [0.2, 0.25) is 0 Å². The molecule has 4 nitrogen and oxygen atoms in total. The zero-order valence-electron chi connectivity index (χ0n) is 17.9. The summed E-state index contributed by atoms with van der Waals surface area (Å²) in [6.45, 7) is 4.17. The number of benzene rings is 3. The third-order valence-electron chi connectivity index (χ3n) is 4.65. The average Bonchev–Trinajstić information content (AvgIpc) is 2.78. The average molecular weight is 546 g/mol. The highest BCUT2D eigenvalue weighted by Crippen LogP contribution is 2.26. The fourth-order valence-electron chi connectivity index (χ4n) is 3.10. The van der Waals surface area contributed by atoms with Crippen LogP contribution in [0.5, 0.6) is 11.5 Å². The van der Waals surface area contributed by atoms with Gasteiger partial charge < -0.3 is 14.2 Å². The lowest BCUT2D eigenvalue weighted by Crippen LogP contribution is -2.14. The number of halogens is 2. The van der Waals surface area contributed by atoms with Crippen LogP contribution in [0.15, 0.2) is 72.8 Å². The van der Waals surface area contributed by atoms with Crippen LogP contribution in [-0.4, -0.2) is 25.8 Å². The highest BCUT2D eigenvalue weighted by atomic mass is 127. The van der Waals surface area contributed by atoms with Crippen LogP contribution in [0.1, 0.15) is 23.6 Å². The smallest absolute Gasteiger partial charge is 0.344 e. The first-order chi connectivity index (χ1) is 15.5. The van der Waals surface area contributed by atoms with Gasteiger partial charge in [-0.3, -0.25) is 0 Å². The van der Waals surface area contributed by atoms with Gasteiger partial charge in [-0.15, -0.1) is 0 Å². The molecule has 3 aromatic rings. The van der Waals surface area contributed by atoms with Crippen molar-refractivity contribution in [3.05, 3.63) is 98.9 Å². The van der Waals surface area contributed by atoms with Gasteiger partial charge >= 0.3 is 5.97 Å². The number of aryl methyl sites for hydroxylation is 1. The maximum Gasteiger partial charge on any atom is 0.344 e. The number of rotatable bonds is 9. The van der Waals surface area contributed by atoms with E-state index in [1.54, 1.807) is 31.2 Å². The van der Waals surface area contributed by atoms with E-state index in [0.29, 0.717) is 24.7 Å². The second-order valence-corrected chi connectivity index (χ2v) is 8.21. The van der Waals surface area contributed by atoms with E-state index in [1.807, 2.05) is 43.3 Å². The minimum absolute atomic E-state index is 0.130. The lowest BCUT2D eigenvalue weighted by atomic mass is 9.98. The summed E-state index contributed by atoms with van der Waals surface area (Å²) >= 11 is 2.26. The molecule has 0 amide bonds. The van der Waals surface area contributed by atoms with Crippen molar-refractivity contribution in [1.29, 1.82) is 0 Å². The number of carbonyl (C=O) groups is 1. The third kappa shape index (κ3) is 6.82. The fraction of sp³-hybridized carbons (Fsp3) is 0.192. The highest BCUT2D eigenvalue weighted by Gasteiger charge is 2.08. The van der Waals surface area contributed by atoms with Crippen molar-refractivity contribution in [1.82, 2.24) is 0 Å². The Kier molecular flexibility index (Phi) is 8.67. The van der Waals surface area contributed by atoms with E-state index in [-0.39, 0.29) is 12.4 Å². The van der Waals surface area contributed by atoms with Crippen LogP contribution in [0, 0.1) is 16.3 Å². The molecular formula is C26H24FIO4. The predicted octanol–water partition coefficient (Wildman–Crippen LogP) is 6.19. The van der Waals surface area contributed by atoms with Gasteiger partial charge in [-0.25, -0.2) is 9.18 Å². The Bertz CT molecular complexity index is 1030. The van der Waals surface area contributed by atoms with Gasteiger partial charge in [-0.1, -0.05) is 24.3 Å². The Morgan fingerprint density at radius 3 is 2.25 bits per heavy atom. The molecule has 3 aromatic carbocycles. The lowest BCUT2D eigenvalue weighted by molar-refractivity contribution is -0.145. The Morgan fingerprint density at radius 1 is 0.969 bits per heavy atom. The van der Waals surface area contributed by atoms with E-state index in [1.165, 1.54) is 12.1 Å². The molecule has 0 aromatic heterocycles. The van der Waals surface area contributed by atoms with Crippen LogP contribution in [0.3, 0.4) is 0 Å². The molecule has 32 heavy (non-hydrogen) atoms. The summed E-state index contributed by atoms with van der Waals surface area (Å²) in [5.41, 5.74) is 3.76. The quantitative estimate of drug-likeness (QED) is 0.237. The Balaban J connectivity index is 1.72. The third-order valence-corrected chi connectivity index (χ3v) is 5.36. The molecule has 0 fully saturated rings. The summed E-state index contributed by atoms with van der Waals surface area (Å²) in [6.07, 6.45) is 1.98. The zero-order chi connectivity index (χ0) is 22.9. The van der Waals surface area contributed by atoms with Gasteiger partial charge in [-0.05, 0) is 107 Å². The molecule has 166 valence electrons. The number of hydrogen-bond acceptors (Lipinski definition) is 4. The first kappa shape index (κ1) is 23.8. The first-order valence-electron chi connectivity index (χ1n) is 10.2. The molecule has 3 rings (SSSR count). The maximum atomic E-state index is 13.4. The molecular weight excluding hydrogens is 522 g/mol. The van der Waals surface area contributed by atoms with E-state index in [4.69, 9.17) is 14.2 Å². The summed E-state index contributed by atoms with van der Waals surface area (Å²) in [5.74, 6) is 0.615. The minimum atomic E-state index is -0.402. The molecule has 0 spiro atoms. The van der Waals surface area contributed by atoms with E-state index in [0.717, 1.165) is 25.8 Å². The summed E-state index contributed by atoms with van der Waals surface area (Å²) in [5, 5.41) is 0. The van der Waals surface area contributed by atoms with Crippen LogP contribution in [0.25, 0.3) is 5.57 Å². The molecule has 0 unspecified atom stereocenters. The van der Waals surface area contributed by atoms with E-state index < -0.39 is 5.97 Å². The second-order valence-electron chi connectivity index (χ2n) is 6.96. The van der Waals surface area contributed by atoms with Gasteiger partial charge in [0.25, 0.3) is 0 Å². The van der Waals surface area contributed by atoms with Crippen molar-refractivity contribution >= 4 is 34.1 Å². The molecule has 0 heterocycles. The number of esters is 1. The van der Waals surface area contributed by atoms with Crippen LogP contribution < -0.4 is 9.47 Å². The summed E-state index contributed by atoms with van der Waals surface area (Å²) in [6, 6.07) is 20.0.